The minimum absolute atomic E-state index is 0.0565. The summed E-state index contributed by atoms with van der Waals surface area (Å²) in [6.45, 7) is 4.30. The molecular formula is C21H24N4O2. The maximum atomic E-state index is 13.0. The number of nitrogens with zero attached hydrogens (tertiary/aromatic N) is 3. The van der Waals surface area contributed by atoms with Gasteiger partial charge in [0.1, 0.15) is 12.0 Å². The highest BCUT2D eigenvalue weighted by atomic mass is 16.5. The largest absolute Gasteiger partial charge is 0.376 e. The first-order chi connectivity index (χ1) is 13.3. The predicted molar refractivity (Wildman–Crippen MR) is 104 cm³/mol. The van der Waals surface area contributed by atoms with Gasteiger partial charge in [-0.2, -0.15) is 0 Å². The fraction of sp³-hybridized carbons (Fsp3) is 0.381. The Morgan fingerprint density at radius 2 is 2.26 bits per heavy atom. The van der Waals surface area contributed by atoms with Crippen LogP contribution in [0.2, 0.25) is 0 Å². The molecule has 0 radical (unpaired) electrons. The number of benzene rings is 1. The highest BCUT2D eigenvalue weighted by molar-refractivity contribution is 5.97. The van der Waals surface area contributed by atoms with Crippen LogP contribution in [0.3, 0.4) is 0 Å². The van der Waals surface area contributed by atoms with E-state index < -0.39 is 0 Å². The molecule has 0 unspecified atom stereocenters. The molecule has 0 spiro atoms. The average Bonchev–Trinajstić information content (AvgIpc) is 3.21. The molecule has 0 bridgehead atoms. The van der Waals surface area contributed by atoms with Crippen molar-refractivity contribution in [2.24, 2.45) is 0 Å². The number of rotatable bonds is 5. The Labute approximate surface area is 158 Å². The van der Waals surface area contributed by atoms with Gasteiger partial charge in [0.25, 0.3) is 5.91 Å². The number of piperidine rings is 1. The number of ether oxygens (including phenoxy) is 1. The minimum atomic E-state index is 0.0565. The van der Waals surface area contributed by atoms with Gasteiger partial charge in [-0.3, -0.25) is 4.79 Å². The zero-order valence-electron chi connectivity index (χ0n) is 15.5. The topological polar surface area (TPSA) is 71.1 Å². The van der Waals surface area contributed by atoms with Crippen LogP contribution in [0.4, 0.5) is 0 Å². The third-order valence-electron chi connectivity index (χ3n) is 4.96. The van der Waals surface area contributed by atoms with Crippen LogP contribution in [0.15, 0.2) is 42.9 Å². The summed E-state index contributed by atoms with van der Waals surface area (Å²) in [5.74, 6) is 0.0565. The number of H-pyrrole nitrogens is 1. The first-order valence-electron chi connectivity index (χ1n) is 9.55. The number of hydrogen-bond donors (Lipinski definition) is 1. The molecule has 6 heteroatoms. The second-order valence-electron chi connectivity index (χ2n) is 6.93. The second-order valence-corrected chi connectivity index (χ2v) is 6.93. The lowest BCUT2D eigenvalue weighted by molar-refractivity contribution is 0.00211. The standard InChI is InChI=1S/C21H24N4O2/c1-2-11-27-17-7-4-10-25(13-17)21(26)16-6-3-5-15(12-16)19-18-8-9-22-20(18)24-14-23-19/h3,5-6,8-9,12,14,17H,2,4,7,10-11,13H2,1H3,(H,22,23,24)/t17-/m1/s1. The second kappa shape index (κ2) is 7.88. The fourth-order valence-electron chi connectivity index (χ4n) is 3.63. The highest BCUT2D eigenvalue weighted by Crippen LogP contribution is 2.26. The van der Waals surface area contributed by atoms with Gasteiger partial charge < -0.3 is 14.6 Å². The smallest absolute Gasteiger partial charge is 0.253 e. The van der Waals surface area contributed by atoms with E-state index in [4.69, 9.17) is 4.74 Å². The van der Waals surface area contributed by atoms with Gasteiger partial charge in [0.05, 0.1) is 11.8 Å². The number of carbonyl (C=O) groups excluding carboxylic acids is 1. The van der Waals surface area contributed by atoms with Crippen LogP contribution in [0.1, 0.15) is 36.5 Å². The Morgan fingerprint density at radius 3 is 3.15 bits per heavy atom. The SMILES string of the molecule is CCCO[C@@H]1CCCN(C(=O)c2cccc(-c3ncnc4[nH]ccc34)c2)C1. The Balaban J connectivity index is 1.57. The number of hydrogen-bond acceptors (Lipinski definition) is 4. The van der Waals surface area contributed by atoms with Gasteiger partial charge in [-0.05, 0) is 37.5 Å². The molecule has 6 nitrogen and oxygen atoms in total. The van der Waals surface area contributed by atoms with Crippen LogP contribution in [-0.2, 0) is 4.74 Å². The molecule has 4 rings (SSSR count). The van der Waals surface area contributed by atoms with Crippen molar-refractivity contribution in [2.75, 3.05) is 19.7 Å². The summed E-state index contributed by atoms with van der Waals surface area (Å²) < 4.78 is 5.87. The molecule has 1 aromatic carbocycles. The first kappa shape index (κ1) is 17.7. The predicted octanol–water partition coefficient (Wildman–Crippen LogP) is 3.66. The van der Waals surface area contributed by atoms with Crippen LogP contribution in [0.5, 0.6) is 0 Å². The van der Waals surface area contributed by atoms with E-state index in [0.29, 0.717) is 12.1 Å². The van der Waals surface area contributed by atoms with Crippen molar-refractivity contribution in [3.63, 3.8) is 0 Å². The van der Waals surface area contributed by atoms with Crippen molar-refractivity contribution < 1.29 is 9.53 Å². The van der Waals surface area contributed by atoms with E-state index in [1.807, 2.05) is 41.4 Å². The van der Waals surface area contributed by atoms with E-state index in [1.54, 1.807) is 6.33 Å². The molecule has 1 fully saturated rings. The summed E-state index contributed by atoms with van der Waals surface area (Å²) in [6, 6.07) is 9.65. The molecule has 1 aliphatic heterocycles. The van der Waals surface area contributed by atoms with Crippen molar-refractivity contribution >= 4 is 16.9 Å². The van der Waals surface area contributed by atoms with Gasteiger partial charge in [-0.25, -0.2) is 9.97 Å². The van der Waals surface area contributed by atoms with Crippen molar-refractivity contribution in [3.8, 4) is 11.3 Å². The fourth-order valence-corrected chi connectivity index (χ4v) is 3.63. The molecule has 0 aliphatic carbocycles. The van der Waals surface area contributed by atoms with Gasteiger partial charge in [-0.15, -0.1) is 0 Å². The summed E-state index contributed by atoms with van der Waals surface area (Å²) in [4.78, 5) is 26.7. The van der Waals surface area contributed by atoms with Crippen molar-refractivity contribution in [2.45, 2.75) is 32.3 Å². The number of fused-ring (bicyclic) bond motifs is 1. The number of nitrogens with one attached hydrogen (secondary N) is 1. The van der Waals surface area contributed by atoms with Crippen LogP contribution < -0.4 is 0 Å². The molecule has 2 aromatic heterocycles. The Morgan fingerprint density at radius 1 is 1.33 bits per heavy atom. The van der Waals surface area contributed by atoms with Gasteiger partial charge in [0.2, 0.25) is 0 Å². The summed E-state index contributed by atoms with van der Waals surface area (Å²) in [6.07, 6.45) is 6.54. The van der Waals surface area contributed by atoms with Crippen LogP contribution in [-0.4, -0.2) is 51.6 Å². The molecule has 1 atom stereocenters. The van der Waals surface area contributed by atoms with E-state index in [2.05, 4.69) is 21.9 Å². The summed E-state index contributed by atoms with van der Waals surface area (Å²) in [7, 11) is 0. The lowest BCUT2D eigenvalue weighted by Crippen LogP contribution is -2.43. The molecule has 3 heterocycles. The molecule has 1 saturated heterocycles. The number of likely N-dealkylation sites (tertiary alicyclic amines) is 1. The number of aromatic amines is 1. The molecule has 27 heavy (non-hydrogen) atoms. The zero-order valence-corrected chi connectivity index (χ0v) is 15.5. The summed E-state index contributed by atoms with van der Waals surface area (Å²) in [5.41, 5.74) is 3.23. The molecule has 3 aromatic rings. The summed E-state index contributed by atoms with van der Waals surface area (Å²) >= 11 is 0. The van der Waals surface area contributed by atoms with Crippen LogP contribution in [0, 0.1) is 0 Å². The maximum Gasteiger partial charge on any atom is 0.253 e. The Hall–Kier alpha value is -2.73. The lowest BCUT2D eigenvalue weighted by Gasteiger charge is -2.32. The van der Waals surface area contributed by atoms with Gasteiger partial charge >= 0.3 is 0 Å². The number of carbonyl (C=O) groups is 1. The minimum Gasteiger partial charge on any atom is -0.376 e. The van der Waals surface area contributed by atoms with E-state index >= 15 is 0 Å². The lowest BCUT2D eigenvalue weighted by atomic mass is 10.0. The van der Waals surface area contributed by atoms with Crippen molar-refractivity contribution in [3.05, 3.63) is 48.4 Å². The van der Waals surface area contributed by atoms with Crippen LogP contribution in [0.25, 0.3) is 22.3 Å². The van der Waals surface area contributed by atoms with E-state index in [9.17, 15) is 4.79 Å². The van der Waals surface area contributed by atoms with Gasteiger partial charge in [0.15, 0.2) is 0 Å². The zero-order chi connectivity index (χ0) is 18.6. The normalized spacial score (nSPS) is 17.4. The average molecular weight is 364 g/mol. The Kier molecular flexibility index (Phi) is 5.16. The van der Waals surface area contributed by atoms with Gasteiger partial charge in [-0.1, -0.05) is 19.1 Å². The first-order valence-corrected chi connectivity index (χ1v) is 9.55. The monoisotopic (exact) mass is 364 g/mol. The van der Waals surface area contributed by atoms with Crippen molar-refractivity contribution in [1.82, 2.24) is 19.9 Å². The third kappa shape index (κ3) is 3.71. The highest BCUT2D eigenvalue weighted by Gasteiger charge is 2.25. The van der Waals surface area contributed by atoms with E-state index in [-0.39, 0.29) is 12.0 Å². The Bertz CT molecular complexity index is 937. The number of aromatic nitrogens is 3. The van der Waals surface area contributed by atoms with Crippen LogP contribution >= 0.6 is 0 Å². The van der Waals surface area contributed by atoms with Crippen molar-refractivity contribution in [1.29, 1.82) is 0 Å². The van der Waals surface area contributed by atoms with E-state index in [0.717, 1.165) is 54.7 Å². The maximum absolute atomic E-state index is 13.0. The molecule has 0 saturated carbocycles. The van der Waals surface area contributed by atoms with Gasteiger partial charge in [0, 0.05) is 42.4 Å². The summed E-state index contributed by atoms with van der Waals surface area (Å²) in [5, 5.41) is 0.952. The number of amides is 1. The molecule has 140 valence electrons. The third-order valence-corrected chi connectivity index (χ3v) is 4.96. The van der Waals surface area contributed by atoms with E-state index in [1.165, 1.54) is 0 Å². The molecule has 1 aliphatic rings. The molecular weight excluding hydrogens is 340 g/mol. The molecule has 1 amide bonds. The molecule has 1 N–H and O–H groups in total. The quantitative estimate of drug-likeness (QED) is 0.750.